The van der Waals surface area contributed by atoms with Crippen LogP contribution in [0.15, 0.2) is 27.6 Å². The first-order chi connectivity index (χ1) is 8.88. The first kappa shape index (κ1) is 15.0. The molecule has 0 atom stereocenters. The van der Waals surface area contributed by atoms with Gasteiger partial charge in [0.1, 0.15) is 0 Å². The fourth-order valence-corrected chi connectivity index (χ4v) is 3.95. The highest BCUT2D eigenvalue weighted by Crippen LogP contribution is 2.22. The number of hydrogen-bond acceptors (Lipinski definition) is 3. The predicted molar refractivity (Wildman–Crippen MR) is 79.4 cm³/mol. The first-order valence-electron chi connectivity index (χ1n) is 6.42. The van der Waals surface area contributed by atoms with E-state index >= 15 is 0 Å². The summed E-state index contributed by atoms with van der Waals surface area (Å²) in [5, 5.41) is 0. The second kappa shape index (κ2) is 5.91. The highest BCUT2D eigenvalue weighted by molar-refractivity contribution is 9.10. The molecule has 1 aliphatic carbocycles. The molecule has 1 fully saturated rings. The summed E-state index contributed by atoms with van der Waals surface area (Å²) < 4.78 is 28.3. The van der Waals surface area contributed by atoms with Crippen LogP contribution in [-0.4, -0.2) is 20.5 Å². The Hall–Kier alpha value is -0.430. The minimum absolute atomic E-state index is 0.00810. The standard InChI is InChI=1S/C13H19BrN2O2S/c1-9-8-12(6-7-13(9)14)19(17,18)16-11-4-2-10(15)3-5-11/h6-8,10-11,16H,2-5,15H2,1H3. The molecular weight excluding hydrogens is 328 g/mol. The van der Waals surface area contributed by atoms with E-state index in [1.165, 1.54) is 0 Å². The summed E-state index contributed by atoms with van der Waals surface area (Å²) in [7, 11) is -3.43. The molecular formula is C13H19BrN2O2S. The molecule has 1 aromatic rings. The Bertz CT molecular complexity index is 552. The average molecular weight is 347 g/mol. The van der Waals surface area contributed by atoms with Gasteiger partial charge >= 0.3 is 0 Å². The Morgan fingerprint density at radius 3 is 2.47 bits per heavy atom. The van der Waals surface area contributed by atoms with E-state index in [4.69, 9.17) is 5.73 Å². The van der Waals surface area contributed by atoms with Gasteiger partial charge in [-0.15, -0.1) is 0 Å². The van der Waals surface area contributed by atoms with Crippen molar-refractivity contribution < 1.29 is 8.42 Å². The summed E-state index contributed by atoms with van der Waals surface area (Å²) in [6.07, 6.45) is 3.39. The van der Waals surface area contributed by atoms with Crippen LogP contribution in [0.3, 0.4) is 0 Å². The third kappa shape index (κ3) is 3.78. The van der Waals surface area contributed by atoms with Gasteiger partial charge in [0.15, 0.2) is 0 Å². The van der Waals surface area contributed by atoms with Crippen molar-refractivity contribution in [2.24, 2.45) is 5.73 Å². The van der Waals surface area contributed by atoms with Gasteiger partial charge in [0, 0.05) is 16.6 Å². The van der Waals surface area contributed by atoms with E-state index in [1.807, 2.05) is 6.92 Å². The molecule has 3 N–H and O–H groups in total. The second-order valence-corrected chi connectivity index (χ2v) is 7.71. The van der Waals surface area contributed by atoms with Crippen LogP contribution in [0, 0.1) is 6.92 Å². The first-order valence-corrected chi connectivity index (χ1v) is 8.70. The van der Waals surface area contributed by atoms with Crippen LogP contribution < -0.4 is 10.5 Å². The van der Waals surface area contributed by atoms with Gasteiger partial charge in [-0.2, -0.15) is 0 Å². The lowest BCUT2D eigenvalue weighted by Crippen LogP contribution is -2.40. The zero-order valence-electron chi connectivity index (χ0n) is 10.9. The maximum Gasteiger partial charge on any atom is 0.240 e. The van der Waals surface area contributed by atoms with Gasteiger partial charge < -0.3 is 5.73 Å². The molecule has 6 heteroatoms. The quantitative estimate of drug-likeness (QED) is 0.881. The molecule has 1 saturated carbocycles. The molecule has 0 saturated heterocycles. The Morgan fingerprint density at radius 2 is 1.89 bits per heavy atom. The van der Waals surface area contributed by atoms with Gasteiger partial charge in [-0.05, 0) is 56.4 Å². The Morgan fingerprint density at radius 1 is 1.26 bits per heavy atom. The fraction of sp³-hybridized carbons (Fsp3) is 0.538. The van der Waals surface area contributed by atoms with E-state index in [0.717, 1.165) is 35.7 Å². The van der Waals surface area contributed by atoms with Crippen LogP contribution >= 0.6 is 15.9 Å². The maximum absolute atomic E-state index is 12.3. The largest absolute Gasteiger partial charge is 0.328 e. The molecule has 0 radical (unpaired) electrons. The van der Waals surface area contributed by atoms with Crippen molar-refractivity contribution in [2.45, 2.75) is 49.6 Å². The van der Waals surface area contributed by atoms with Crippen molar-refractivity contribution in [3.63, 3.8) is 0 Å². The number of nitrogens with two attached hydrogens (primary N) is 1. The van der Waals surface area contributed by atoms with Crippen molar-refractivity contribution >= 4 is 26.0 Å². The van der Waals surface area contributed by atoms with E-state index in [9.17, 15) is 8.42 Å². The summed E-state index contributed by atoms with van der Waals surface area (Å²) in [5.74, 6) is 0. The van der Waals surface area contributed by atoms with Gasteiger partial charge in [0.2, 0.25) is 10.0 Å². The van der Waals surface area contributed by atoms with Crippen LogP contribution in [0.1, 0.15) is 31.2 Å². The molecule has 0 heterocycles. The third-order valence-electron chi connectivity index (χ3n) is 3.53. The number of benzene rings is 1. The van der Waals surface area contributed by atoms with Crippen LogP contribution in [0.2, 0.25) is 0 Å². The lowest BCUT2D eigenvalue weighted by Gasteiger charge is -2.26. The number of nitrogens with one attached hydrogen (secondary N) is 1. The zero-order valence-corrected chi connectivity index (χ0v) is 13.3. The van der Waals surface area contributed by atoms with Crippen molar-refractivity contribution in [1.82, 2.24) is 4.72 Å². The van der Waals surface area contributed by atoms with E-state index < -0.39 is 10.0 Å². The maximum atomic E-state index is 12.3. The van der Waals surface area contributed by atoms with Crippen LogP contribution in [-0.2, 0) is 10.0 Å². The Labute approximate surface area is 122 Å². The van der Waals surface area contributed by atoms with Gasteiger partial charge in [-0.25, -0.2) is 13.1 Å². The van der Waals surface area contributed by atoms with Crippen molar-refractivity contribution in [1.29, 1.82) is 0 Å². The van der Waals surface area contributed by atoms with E-state index in [1.54, 1.807) is 18.2 Å². The molecule has 106 valence electrons. The monoisotopic (exact) mass is 346 g/mol. The third-order valence-corrected chi connectivity index (χ3v) is 5.94. The van der Waals surface area contributed by atoms with Crippen LogP contribution in [0.5, 0.6) is 0 Å². The number of sulfonamides is 1. The fourth-order valence-electron chi connectivity index (χ4n) is 2.31. The summed E-state index contributed by atoms with van der Waals surface area (Å²) >= 11 is 3.37. The number of rotatable bonds is 3. The van der Waals surface area contributed by atoms with Gasteiger partial charge in [0.25, 0.3) is 0 Å². The summed E-state index contributed by atoms with van der Waals surface area (Å²) in [4.78, 5) is 0.322. The molecule has 2 rings (SSSR count). The lowest BCUT2D eigenvalue weighted by molar-refractivity contribution is 0.373. The highest BCUT2D eigenvalue weighted by Gasteiger charge is 2.24. The molecule has 4 nitrogen and oxygen atoms in total. The Balaban J connectivity index is 2.11. The molecule has 0 unspecified atom stereocenters. The van der Waals surface area contributed by atoms with Crippen LogP contribution in [0.4, 0.5) is 0 Å². The van der Waals surface area contributed by atoms with Gasteiger partial charge in [0.05, 0.1) is 4.90 Å². The topological polar surface area (TPSA) is 72.2 Å². The van der Waals surface area contributed by atoms with Crippen molar-refractivity contribution in [2.75, 3.05) is 0 Å². The molecule has 0 bridgehead atoms. The highest BCUT2D eigenvalue weighted by atomic mass is 79.9. The minimum Gasteiger partial charge on any atom is -0.328 e. The van der Waals surface area contributed by atoms with E-state index in [-0.39, 0.29) is 12.1 Å². The van der Waals surface area contributed by atoms with E-state index in [0.29, 0.717) is 4.90 Å². The lowest BCUT2D eigenvalue weighted by atomic mass is 9.93. The van der Waals surface area contributed by atoms with Crippen molar-refractivity contribution in [3.8, 4) is 0 Å². The Kier molecular flexibility index (Phi) is 4.66. The molecule has 1 aromatic carbocycles. The summed E-state index contributed by atoms with van der Waals surface area (Å²) in [6.45, 7) is 1.88. The molecule has 19 heavy (non-hydrogen) atoms. The predicted octanol–water partition coefficient (Wildman–Crippen LogP) is 2.31. The molecule has 0 aromatic heterocycles. The summed E-state index contributed by atoms with van der Waals surface area (Å²) in [5.41, 5.74) is 6.74. The van der Waals surface area contributed by atoms with E-state index in [2.05, 4.69) is 20.7 Å². The minimum atomic E-state index is -3.43. The number of aryl methyl sites for hydroxylation is 1. The van der Waals surface area contributed by atoms with Gasteiger partial charge in [-0.3, -0.25) is 0 Å². The summed E-state index contributed by atoms with van der Waals surface area (Å²) in [6, 6.07) is 5.29. The SMILES string of the molecule is Cc1cc(S(=O)(=O)NC2CCC(N)CC2)ccc1Br. The average Bonchev–Trinajstić information content (AvgIpc) is 2.35. The van der Waals surface area contributed by atoms with Gasteiger partial charge in [-0.1, -0.05) is 15.9 Å². The van der Waals surface area contributed by atoms with Crippen molar-refractivity contribution in [3.05, 3.63) is 28.2 Å². The number of halogens is 1. The molecule has 0 amide bonds. The smallest absolute Gasteiger partial charge is 0.240 e. The zero-order chi connectivity index (χ0) is 14.0. The molecule has 0 spiro atoms. The van der Waals surface area contributed by atoms with Crippen LogP contribution in [0.25, 0.3) is 0 Å². The molecule has 0 aliphatic heterocycles. The second-order valence-electron chi connectivity index (χ2n) is 5.14. The molecule has 1 aliphatic rings. The number of hydrogen-bond donors (Lipinski definition) is 2. The normalized spacial score (nSPS) is 24.4.